The van der Waals surface area contributed by atoms with E-state index in [1.54, 1.807) is 19.5 Å². The molecule has 3 N–H and O–H groups in total. The molecule has 0 saturated carbocycles. The van der Waals surface area contributed by atoms with Gasteiger partial charge >= 0.3 is 0 Å². The van der Waals surface area contributed by atoms with E-state index in [-0.39, 0.29) is 0 Å². The van der Waals surface area contributed by atoms with E-state index in [4.69, 9.17) is 5.73 Å². The lowest BCUT2D eigenvalue weighted by Crippen LogP contribution is -2.35. The van der Waals surface area contributed by atoms with E-state index in [0.717, 1.165) is 24.1 Å². The van der Waals surface area contributed by atoms with Crippen molar-refractivity contribution < 1.29 is 0 Å². The Morgan fingerprint density at radius 2 is 2.37 bits per heavy atom. The zero-order valence-corrected chi connectivity index (χ0v) is 11.6. The lowest BCUT2D eigenvalue weighted by atomic mass is 9.95. The van der Waals surface area contributed by atoms with Crippen LogP contribution >= 0.6 is 0 Å². The molecule has 0 bridgehead atoms. The highest BCUT2D eigenvalue weighted by Crippen LogP contribution is 2.17. The Balaban J connectivity index is 2.10. The van der Waals surface area contributed by atoms with Gasteiger partial charge in [0.25, 0.3) is 0 Å². The van der Waals surface area contributed by atoms with Gasteiger partial charge in [-0.3, -0.25) is 4.99 Å². The largest absolute Gasteiger partial charge is 0.404 e. The summed E-state index contributed by atoms with van der Waals surface area (Å²) in [6.45, 7) is 1.15. The van der Waals surface area contributed by atoms with Crippen LogP contribution in [0.1, 0.15) is 30.4 Å². The molecule has 1 aliphatic rings. The van der Waals surface area contributed by atoms with Crippen LogP contribution in [0.2, 0.25) is 0 Å². The van der Waals surface area contributed by atoms with Crippen LogP contribution in [0.15, 0.2) is 35.5 Å². The minimum Gasteiger partial charge on any atom is -0.404 e. The van der Waals surface area contributed by atoms with Gasteiger partial charge in [0.05, 0.1) is 0 Å². The number of benzene rings is 1. The van der Waals surface area contributed by atoms with Gasteiger partial charge < -0.3 is 11.1 Å². The number of nitrogens with zero attached hydrogens (tertiary/aromatic N) is 1. The predicted octanol–water partition coefficient (Wildman–Crippen LogP) is 2.37. The van der Waals surface area contributed by atoms with Gasteiger partial charge in [-0.15, -0.1) is 0 Å². The summed E-state index contributed by atoms with van der Waals surface area (Å²) in [5.74, 6) is 0. The molecule has 1 aromatic rings. The Morgan fingerprint density at radius 3 is 3.05 bits per heavy atom. The molecule has 0 radical (unpaired) electrons. The van der Waals surface area contributed by atoms with Crippen LogP contribution in [-0.2, 0) is 6.42 Å². The molecule has 3 nitrogen and oxygen atoms in total. The normalized spacial score (nSPS) is 20.9. The fraction of sp³-hybridized carbons (Fsp3) is 0.438. The third-order valence-electron chi connectivity index (χ3n) is 3.60. The summed E-state index contributed by atoms with van der Waals surface area (Å²) in [5.41, 5.74) is 9.13. The molecular formula is C16H23N3. The highest BCUT2D eigenvalue weighted by molar-refractivity contribution is 6.09. The maximum absolute atomic E-state index is 5.66. The molecule has 1 heterocycles. The van der Waals surface area contributed by atoms with Crippen LogP contribution in [0.5, 0.6) is 0 Å². The topological polar surface area (TPSA) is 50.4 Å². The summed E-state index contributed by atoms with van der Waals surface area (Å²) >= 11 is 0. The maximum Gasteiger partial charge on any atom is 0.0301 e. The van der Waals surface area contributed by atoms with E-state index in [9.17, 15) is 0 Å². The second-order valence-electron chi connectivity index (χ2n) is 5.06. The molecule has 1 aromatic carbocycles. The summed E-state index contributed by atoms with van der Waals surface area (Å²) in [7, 11) is 1.76. The first kappa shape index (κ1) is 13.8. The van der Waals surface area contributed by atoms with Crippen molar-refractivity contribution in [2.24, 2.45) is 10.7 Å². The number of hydrogen-bond donors (Lipinski definition) is 2. The van der Waals surface area contributed by atoms with E-state index in [0.29, 0.717) is 6.04 Å². The Kier molecular flexibility index (Phi) is 5.16. The van der Waals surface area contributed by atoms with E-state index in [2.05, 4.69) is 34.6 Å². The van der Waals surface area contributed by atoms with Crippen molar-refractivity contribution >= 4 is 11.8 Å². The fourth-order valence-corrected chi connectivity index (χ4v) is 2.61. The molecule has 19 heavy (non-hydrogen) atoms. The van der Waals surface area contributed by atoms with Gasteiger partial charge in [-0.2, -0.15) is 0 Å². The summed E-state index contributed by atoms with van der Waals surface area (Å²) in [6.07, 6.45) is 8.44. The molecule has 1 atom stereocenters. The monoisotopic (exact) mass is 257 g/mol. The summed E-state index contributed by atoms with van der Waals surface area (Å²) in [6, 6.07) is 9.21. The second kappa shape index (κ2) is 7.10. The van der Waals surface area contributed by atoms with Crippen LogP contribution in [0.4, 0.5) is 0 Å². The molecule has 3 heteroatoms. The van der Waals surface area contributed by atoms with Gasteiger partial charge in [0.1, 0.15) is 0 Å². The van der Waals surface area contributed by atoms with Gasteiger partial charge in [-0.1, -0.05) is 30.7 Å². The molecular weight excluding hydrogens is 234 g/mol. The van der Waals surface area contributed by atoms with Crippen molar-refractivity contribution in [1.82, 2.24) is 5.32 Å². The molecule has 0 aromatic heterocycles. The predicted molar refractivity (Wildman–Crippen MR) is 82.4 cm³/mol. The molecule has 0 spiro atoms. The smallest absolute Gasteiger partial charge is 0.0301 e. The number of nitrogens with one attached hydrogen (secondary N) is 1. The van der Waals surface area contributed by atoms with Crippen LogP contribution in [0.3, 0.4) is 0 Å². The SMILES string of the molecule is C/N=C\C(=C/N)c1cccc(C[C@@H]2CCCCN2)c1. The van der Waals surface area contributed by atoms with Gasteiger partial charge in [0, 0.05) is 31.1 Å². The standard InChI is InChI=1S/C16H23N3/c1-18-12-15(11-17)14-6-4-5-13(9-14)10-16-7-2-3-8-19-16/h4-6,9,11-12,16,19H,2-3,7-8,10,17H2,1H3/b15-11+,18-12-/t16-/m0/s1. The van der Waals surface area contributed by atoms with Crippen molar-refractivity contribution in [3.05, 3.63) is 41.6 Å². The highest BCUT2D eigenvalue weighted by atomic mass is 14.9. The van der Waals surface area contributed by atoms with Gasteiger partial charge in [-0.25, -0.2) is 0 Å². The molecule has 0 unspecified atom stereocenters. The number of hydrogen-bond acceptors (Lipinski definition) is 3. The summed E-state index contributed by atoms with van der Waals surface area (Å²) in [4.78, 5) is 4.04. The van der Waals surface area contributed by atoms with Crippen molar-refractivity contribution in [3.8, 4) is 0 Å². The fourth-order valence-electron chi connectivity index (χ4n) is 2.61. The first-order chi connectivity index (χ1) is 9.33. The van der Waals surface area contributed by atoms with E-state index in [1.807, 2.05) is 0 Å². The molecule has 0 aliphatic carbocycles. The third-order valence-corrected chi connectivity index (χ3v) is 3.60. The number of allylic oxidation sites excluding steroid dienone is 1. The highest BCUT2D eigenvalue weighted by Gasteiger charge is 2.13. The molecule has 1 aliphatic heterocycles. The summed E-state index contributed by atoms with van der Waals surface area (Å²) < 4.78 is 0. The molecule has 0 amide bonds. The van der Waals surface area contributed by atoms with Gasteiger partial charge in [0.2, 0.25) is 0 Å². The lowest BCUT2D eigenvalue weighted by Gasteiger charge is -2.23. The molecule has 102 valence electrons. The average Bonchev–Trinajstić information content (AvgIpc) is 2.46. The Morgan fingerprint density at radius 1 is 1.47 bits per heavy atom. The van der Waals surface area contributed by atoms with Gasteiger partial charge in [0.15, 0.2) is 0 Å². The second-order valence-corrected chi connectivity index (χ2v) is 5.06. The average molecular weight is 257 g/mol. The van der Waals surface area contributed by atoms with Gasteiger partial charge in [-0.05, 0) is 36.9 Å². The molecule has 1 saturated heterocycles. The minimum atomic E-state index is 0.620. The molecule has 1 fully saturated rings. The first-order valence-corrected chi connectivity index (χ1v) is 7.00. The van der Waals surface area contributed by atoms with Crippen LogP contribution < -0.4 is 11.1 Å². The third kappa shape index (κ3) is 3.93. The first-order valence-electron chi connectivity index (χ1n) is 7.00. The molecule has 2 rings (SSSR count). The minimum absolute atomic E-state index is 0.620. The lowest BCUT2D eigenvalue weighted by molar-refractivity contribution is 0.399. The Labute approximate surface area is 115 Å². The number of aliphatic imine (C=N–C) groups is 1. The van der Waals surface area contributed by atoms with E-state index >= 15 is 0 Å². The zero-order chi connectivity index (χ0) is 13.5. The number of nitrogens with two attached hydrogens (primary N) is 1. The van der Waals surface area contributed by atoms with Crippen molar-refractivity contribution in [2.45, 2.75) is 31.7 Å². The number of piperidine rings is 1. The van der Waals surface area contributed by atoms with Crippen molar-refractivity contribution in [1.29, 1.82) is 0 Å². The van der Waals surface area contributed by atoms with Crippen LogP contribution in [-0.4, -0.2) is 25.8 Å². The summed E-state index contributed by atoms with van der Waals surface area (Å²) in [5, 5.41) is 3.59. The van der Waals surface area contributed by atoms with E-state index in [1.165, 1.54) is 24.8 Å². The van der Waals surface area contributed by atoms with Crippen LogP contribution in [0, 0.1) is 0 Å². The quantitative estimate of drug-likeness (QED) is 0.814. The van der Waals surface area contributed by atoms with Crippen LogP contribution in [0.25, 0.3) is 5.57 Å². The van der Waals surface area contributed by atoms with Crippen molar-refractivity contribution in [2.75, 3.05) is 13.6 Å². The zero-order valence-electron chi connectivity index (χ0n) is 11.6. The Bertz CT molecular complexity index is 457. The number of rotatable bonds is 4. The Hall–Kier alpha value is -1.61. The van der Waals surface area contributed by atoms with Crippen molar-refractivity contribution in [3.63, 3.8) is 0 Å². The van der Waals surface area contributed by atoms with E-state index < -0.39 is 0 Å². The maximum atomic E-state index is 5.66.